The number of hydrogen-bond acceptors (Lipinski definition) is 8. The molecule has 2 fully saturated rings. The number of carbonyl (C=O) groups is 2. The summed E-state index contributed by atoms with van der Waals surface area (Å²) in [6.45, 7) is 4.27. The smallest absolute Gasteiger partial charge is 0.328 e. The Labute approximate surface area is 191 Å². The van der Waals surface area contributed by atoms with E-state index in [2.05, 4.69) is 25.1 Å². The maximum Gasteiger partial charge on any atom is 0.328 e. The molecule has 0 amide bonds. The van der Waals surface area contributed by atoms with Gasteiger partial charge in [-0.1, -0.05) is 12.1 Å². The lowest BCUT2D eigenvalue weighted by Crippen LogP contribution is -2.26. The Hall–Kier alpha value is -3.51. The van der Waals surface area contributed by atoms with Gasteiger partial charge in [-0.3, -0.25) is 4.72 Å². The Morgan fingerprint density at radius 3 is 2.03 bits per heavy atom. The lowest BCUT2D eigenvalue weighted by molar-refractivity contribution is -0.134. The topological polar surface area (TPSA) is 162 Å². The van der Waals surface area contributed by atoms with Crippen molar-refractivity contribution in [3.8, 4) is 11.3 Å². The normalized spacial score (nSPS) is 19.6. The van der Waals surface area contributed by atoms with Gasteiger partial charge in [0.25, 0.3) is 0 Å². The van der Waals surface area contributed by atoms with Crippen molar-refractivity contribution < 1.29 is 28.2 Å². The van der Waals surface area contributed by atoms with Gasteiger partial charge in [0.15, 0.2) is 5.82 Å². The molecule has 1 aromatic carbocycles. The van der Waals surface area contributed by atoms with Gasteiger partial charge in [-0.25, -0.2) is 18.0 Å². The van der Waals surface area contributed by atoms with Crippen molar-refractivity contribution in [3.63, 3.8) is 0 Å². The third kappa shape index (κ3) is 7.26. The monoisotopic (exact) mass is 475 g/mol. The van der Waals surface area contributed by atoms with Gasteiger partial charge < -0.3 is 20.4 Å². The Kier molecular flexibility index (Phi) is 7.61. The Morgan fingerprint density at radius 2 is 1.58 bits per heavy atom. The SMILES string of the molecule is CS(=O)(=O)Nc1ccc(-c2ccc(N3CC4CNCC4C3)nn2)cc1.O=C(O)/C=C/C(=O)O. The standard InChI is InChI=1S/C17H21N5O2S.C4H4O4/c1-25(23,24)21-15-4-2-12(3-5-15)16-6-7-17(20-19-16)22-10-13-8-18-9-14(13)11-22;5-3(6)1-2-4(7)8/h2-7,13-14,18,21H,8-11H2,1H3;1-2H,(H,5,6)(H,7,8)/b;2-1+. The number of hydrogen-bond donors (Lipinski definition) is 4. The van der Waals surface area contributed by atoms with Crippen LogP contribution in [0.5, 0.6) is 0 Å². The predicted molar refractivity (Wildman–Crippen MR) is 122 cm³/mol. The second kappa shape index (κ2) is 10.4. The van der Waals surface area contributed by atoms with Crippen LogP contribution in [0, 0.1) is 11.8 Å². The summed E-state index contributed by atoms with van der Waals surface area (Å²) in [5.41, 5.74) is 2.21. The molecule has 0 saturated carbocycles. The summed E-state index contributed by atoms with van der Waals surface area (Å²) in [5.74, 6) is -0.152. The van der Waals surface area contributed by atoms with Gasteiger partial charge >= 0.3 is 11.9 Å². The average molecular weight is 476 g/mol. The molecule has 0 bridgehead atoms. The second-order valence-corrected chi connectivity index (χ2v) is 9.57. The van der Waals surface area contributed by atoms with Crippen molar-refractivity contribution in [2.24, 2.45) is 11.8 Å². The number of carboxylic acids is 2. The number of benzene rings is 1. The molecular formula is C21H25N5O6S. The summed E-state index contributed by atoms with van der Waals surface area (Å²) < 4.78 is 24.9. The molecule has 33 heavy (non-hydrogen) atoms. The number of rotatable bonds is 6. The van der Waals surface area contributed by atoms with E-state index in [-0.39, 0.29) is 0 Å². The van der Waals surface area contributed by atoms with E-state index in [4.69, 9.17) is 10.2 Å². The molecule has 2 saturated heterocycles. The van der Waals surface area contributed by atoms with Crippen LogP contribution in [0.15, 0.2) is 48.6 Å². The van der Waals surface area contributed by atoms with Crippen LogP contribution in [0.1, 0.15) is 0 Å². The second-order valence-electron chi connectivity index (χ2n) is 7.82. The molecule has 0 spiro atoms. The van der Waals surface area contributed by atoms with Crippen LogP contribution < -0.4 is 14.9 Å². The molecule has 2 unspecified atom stereocenters. The largest absolute Gasteiger partial charge is 0.478 e. The van der Waals surface area contributed by atoms with Gasteiger partial charge in [-0.05, 0) is 36.1 Å². The van der Waals surface area contributed by atoms with Gasteiger partial charge in [0.1, 0.15) is 0 Å². The van der Waals surface area contributed by atoms with Crippen LogP contribution in [0.3, 0.4) is 0 Å². The van der Waals surface area contributed by atoms with Crippen molar-refractivity contribution in [3.05, 3.63) is 48.6 Å². The van der Waals surface area contributed by atoms with E-state index in [1.807, 2.05) is 24.3 Å². The minimum Gasteiger partial charge on any atom is -0.478 e. The summed E-state index contributed by atoms with van der Waals surface area (Å²) in [6.07, 6.45) is 2.25. The van der Waals surface area contributed by atoms with Gasteiger partial charge in [0, 0.05) is 49.6 Å². The molecule has 11 nitrogen and oxygen atoms in total. The van der Waals surface area contributed by atoms with Crippen LogP contribution in [0.25, 0.3) is 11.3 Å². The first-order valence-electron chi connectivity index (χ1n) is 10.1. The molecule has 2 aromatic rings. The first-order chi connectivity index (χ1) is 15.6. The summed E-state index contributed by atoms with van der Waals surface area (Å²) >= 11 is 0. The number of nitrogens with one attached hydrogen (secondary N) is 2. The van der Waals surface area contributed by atoms with E-state index >= 15 is 0 Å². The lowest BCUT2D eigenvalue weighted by Gasteiger charge is -2.17. The zero-order valence-corrected chi connectivity index (χ0v) is 18.7. The zero-order valence-electron chi connectivity index (χ0n) is 17.9. The molecular weight excluding hydrogens is 450 g/mol. The Balaban J connectivity index is 0.000000331. The first kappa shape index (κ1) is 24.1. The highest BCUT2D eigenvalue weighted by Crippen LogP contribution is 2.30. The number of fused-ring (bicyclic) bond motifs is 1. The fourth-order valence-corrected chi connectivity index (χ4v) is 4.32. The average Bonchev–Trinajstić information content (AvgIpc) is 3.35. The molecule has 4 rings (SSSR count). The third-order valence-corrected chi connectivity index (χ3v) is 5.82. The van der Waals surface area contributed by atoms with Gasteiger partial charge in [-0.15, -0.1) is 10.2 Å². The molecule has 2 aliphatic heterocycles. The first-order valence-corrected chi connectivity index (χ1v) is 12.0. The fourth-order valence-electron chi connectivity index (χ4n) is 3.76. The number of aliphatic carboxylic acids is 2. The van der Waals surface area contributed by atoms with E-state index in [1.54, 1.807) is 12.1 Å². The van der Waals surface area contributed by atoms with Crippen LogP contribution in [0.4, 0.5) is 11.5 Å². The van der Waals surface area contributed by atoms with Crippen LogP contribution in [-0.4, -0.2) is 73.2 Å². The van der Waals surface area contributed by atoms with E-state index in [0.29, 0.717) is 17.8 Å². The van der Waals surface area contributed by atoms with Crippen molar-refractivity contribution in [2.45, 2.75) is 0 Å². The molecule has 0 radical (unpaired) electrons. The molecule has 0 aliphatic carbocycles. The van der Waals surface area contributed by atoms with E-state index in [1.165, 1.54) is 0 Å². The molecule has 1 aromatic heterocycles. The highest BCUT2D eigenvalue weighted by Gasteiger charge is 2.36. The van der Waals surface area contributed by atoms with E-state index in [0.717, 1.165) is 61.3 Å². The fraction of sp³-hybridized carbons (Fsp3) is 0.333. The molecule has 3 heterocycles. The highest BCUT2D eigenvalue weighted by molar-refractivity contribution is 7.92. The summed E-state index contributed by atoms with van der Waals surface area (Å²) in [7, 11) is -3.26. The quantitative estimate of drug-likeness (QED) is 0.441. The van der Waals surface area contributed by atoms with Crippen molar-refractivity contribution in [2.75, 3.05) is 42.1 Å². The van der Waals surface area contributed by atoms with Crippen LogP contribution in [0.2, 0.25) is 0 Å². The van der Waals surface area contributed by atoms with Gasteiger partial charge in [-0.2, -0.15) is 0 Å². The summed E-state index contributed by atoms with van der Waals surface area (Å²) in [4.78, 5) is 21.4. The summed E-state index contributed by atoms with van der Waals surface area (Å²) in [6, 6.07) is 11.1. The minimum atomic E-state index is -3.26. The van der Waals surface area contributed by atoms with E-state index in [9.17, 15) is 18.0 Å². The number of nitrogens with zero attached hydrogens (tertiary/aromatic N) is 3. The third-order valence-electron chi connectivity index (χ3n) is 5.22. The van der Waals surface area contributed by atoms with Crippen molar-refractivity contribution in [1.29, 1.82) is 0 Å². The van der Waals surface area contributed by atoms with Crippen molar-refractivity contribution >= 4 is 33.5 Å². The number of carboxylic acid groups (broad SMARTS) is 2. The molecule has 176 valence electrons. The molecule has 12 heteroatoms. The Morgan fingerprint density at radius 1 is 1.00 bits per heavy atom. The number of sulfonamides is 1. The molecule has 2 aliphatic rings. The maximum absolute atomic E-state index is 11.2. The Bertz CT molecular complexity index is 1090. The van der Waals surface area contributed by atoms with Crippen molar-refractivity contribution in [1.82, 2.24) is 15.5 Å². The lowest BCUT2D eigenvalue weighted by atomic mass is 10.0. The molecule has 2 atom stereocenters. The number of aromatic nitrogens is 2. The predicted octanol–water partition coefficient (Wildman–Crippen LogP) is 0.883. The zero-order chi connectivity index (χ0) is 24.0. The van der Waals surface area contributed by atoms with Gasteiger partial charge in [0.2, 0.25) is 10.0 Å². The van der Waals surface area contributed by atoms with Gasteiger partial charge in [0.05, 0.1) is 11.9 Å². The van der Waals surface area contributed by atoms with E-state index < -0.39 is 22.0 Å². The number of anilines is 2. The van der Waals surface area contributed by atoms with Crippen LogP contribution >= 0.6 is 0 Å². The molecule has 4 N–H and O–H groups in total. The minimum absolute atomic E-state index is 0.535. The summed E-state index contributed by atoms with van der Waals surface area (Å²) in [5, 5.41) is 27.8. The van der Waals surface area contributed by atoms with Crippen LogP contribution in [-0.2, 0) is 19.6 Å². The highest BCUT2D eigenvalue weighted by atomic mass is 32.2. The maximum atomic E-state index is 11.2.